The Morgan fingerprint density at radius 1 is 1.44 bits per heavy atom. The molecule has 5 heteroatoms. The Morgan fingerprint density at radius 2 is 2.06 bits per heavy atom. The number of piperidine rings is 1. The van der Waals surface area contributed by atoms with Crippen LogP contribution in [0.1, 0.15) is 19.8 Å². The van der Waals surface area contributed by atoms with Crippen molar-refractivity contribution in [2.75, 3.05) is 39.9 Å². The van der Waals surface area contributed by atoms with Crippen LogP contribution in [-0.4, -0.2) is 50.7 Å². The van der Waals surface area contributed by atoms with Gasteiger partial charge in [0.2, 0.25) is 5.91 Å². The lowest BCUT2D eigenvalue weighted by Crippen LogP contribution is -2.42. The molecule has 0 atom stereocenters. The highest BCUT2D eigenvalue weighted by molar-refractivity contribution is 5.85. The summed E-state index contributed by atoms with van der Waals surface area (Å²) in [5.41, 5.74) is 0. The average molecular weight is 251 g/mol. The quantitative estimate of drug-likeness (QED) is 0.789. The Morgan fingerprint density at radius 3 is 2.56 bits per heavy atom. The first-order valence-corrected chi connectivity index (χ1v) is 5.78. The molecule has 1 amide bonds. The Balaban J connectivity index is 0.00000225. The molecule has 0 aromatic heterocycles. The molecule has 0 aromatic carbocycles. The summed E-state index contributed by atoms with van der Waals surface area (Å²) in [6, 6.07) is 0. The third-order valence-electron chi connectivity index (χ3n) is 2.89. The lowest BCUT2D eigenvalue weighted by Gasteiger charge is -2.31. The van der Waals surface area contributed by atoms with Gasteiger partial charge < -0.3 is 15.0 Å². The van der Waals surface area contributed by atoms with Gasteiger partial charge in [-0.3, -0.25) is 4.79 Å². The molecule has 16 heavy (non-hydrogen) atoms. The third kappa shape index (κ3) is 5.14. The second-order valence-electron chi connectivity index (χ2n) is 4.02. The average Bonchev–Trinajstić information content (AvgIpc) is 2.27. The minimum Gasteiger partial charge on any atom is -0.372 e. The lowest BCUT2D eigenvalue weighted by atomic mass is 9.97. The highest BCUT2D eigenvalue weighted by atomic mass is 35.5. The van der Waals surface area contributed by atoms with E-state index in [1.165, 1.54) is 0 Å². The van der Waals surface area contributed by atoms with Crippen molar-refractivity contribution in [3.05, 3.63) is 0 Å². The van der Waals surface area contributed by atoms with Crippen molar-refractivity contribution < 1.29 is 9.53 Å². The second-order valence-corrected chi connectivity index (χ2v) is 4.02. The van der Waals surface area contributed by atoms with E-state index in [1.807, 2.05) is 18.9 Å². The fraction of sp³-hybridized carbons (Fsp3) is 0.909. The minimum atomic E-state index is 0. The van der Waals surface area contributed by atoms with Crippen LogP contribution in [0.15, 0.2) is 0 Å². The first-order valence-electron chi connectivity index (χ1n) is 5.78. The maximum Gasteiger partial charge on any atom is 0.248 e. The molecule has 4 nitrogen and oxygen atoms in total. The maximum absolute atomic E-state index is 11.6. The van der Waals surface area contributed by atoms with Crippen LogP contribution in [0.2, 0.25) is 0 Å². The molecule has 1 rings (SSSR count). The molecule has 0 aliphatic carbocycles. The van der Waals surface area contributed by atoms with Gasteiger partial charge in [-0.2, -0.15) is 0 Å². The van der Waals surface area contributed by atoms with E-state index in [-0.39, 0.29) is 24.9 Å². The highest BCUT2D eigenvalue weighted by Gasteiger charge is 2.21. The number of hydrogen-bond donors (Lipinski definition) is 1. The van der Waals surface area contributed by atoms with Crippen molar-refractivity contribution in [3.8, 4) is 0 Å². The topological polar surface area (TPSA) is 41.6 Å². The molecular weight excluding hydrogens is 228 g/mol. The zero-order valence-corrected chi connectivity index (χ0v) is 11.0. The molecule has 0 unspecified atom stereocenters. The summed E-state index contributed by atoms with van der Waals surface area (Å²) >= 11 is 0. The molecule has 1 fully saturated rings. The summed E-state index contributed by atoms with van der Waals surface area (Å²) in [5, 5.41) is 3.19. The number of rotatable bonds is 5. The number of amides is 1. The van der Waals surface area contributed by atoms with Gasteiger partial charge in [0, 0.05) is 19.7 Å². The first-order chi connectivity index (χ1) is 7.27. The molecule has 0 radical (unpaired) electrons. The molecule has 1 N–H and O–H groups in total. The van der Waals surface area contributed by atoms with Crippen molar-refractivity contribution in [2.24, 2.45) is 5.92 Å². The normalized spacial score (nSPS) is 17.0. The molecular formula is C11H23ClN2O2. The van der Waals surface area contributed by atoms with E-state index in [1.54, 1.807) is 0 Å². The Hall–Kier alpha value is -0.320. The summed E-state index contributed by atoms with van der Waals surface area (Å²) in [6.45, 7) is 5.60. The Labute approximate surface area is 104 Å². The van der Waals surface area contributed by atoms with Gasteiger partial charge >= 0.3 is 0 Å². The van der Waals surface area contributed by atoms with Crippen molar-refractivity contribution in [1.29, 1.82) is 0 Å². The number of halogens is 1. The van der Waals surface area contributed by atoms with Gasteiger partial charge in [-0.15, -0.1) is 12.4 Å². The Bertz CT molecular complexity index is 194. The van der Waals surface area contributed by atoms with E-state index in [4.69, 9.17) is 4.74 Å². The van der Waals surface area contributed by atoms with Crippen molar-refractivity contribution in [2.45, 2.75) is 19.8 Å². The summed E-state index contributed by atoms with van der Waals surface area (Å²) in [6.07, 6.45) is 2.22. The number of ether oxygens (including phenoxy) is 1. The summed E-state index contributed by atoms with van der Waals surface area (Å²) < 4.78 is 5.12. The number of carbonyl (C=O) groups is 1. The number of nitrogens with zero attached hydrogens (tertiary/aromatic N) is 1. The zero-order chi connectivity index (χ0) is 11.1. The van der Waals surface area contributed by atoms with E-state index in [0.29, 0.717) is 6.61 Å². The van der Waals surface area contributed by atoms with Crippen LogP contribution in [0.25, 0.3) is 0 Å². The molecule has 1 aliphatic rings. The van der Waals surface area contributed by atoms with Gasteiger partial charge in [-0.1, -0.05) is 0 Å². The van der Waals surface area contributed by atoms with E-state index < -0.39 is 0 Å². The third-order valence-corrected chi connectivity index (χ3v) is 2.89. The lowest BCUT2D eigenvalue weighted by molar-refractivity contribution is -0.137. The predicted molar refractivity (Wildman–Crippen MR) is 67.0 cm³/mol. The Kier molecular flexibility index (Phi) is 8.61. The van der Waals surface area contributed by atoms with Gasteiger partial charge in [0.1, 0.15) is 6.61 Å². The van der Waals surface area contributed by atoms with E-state index in [2.05, 4.69) is 5.32 Å². The molecule has 1 saturated heterocycles. The molecule has 96 valence electrons. The van der Waals surface area contributed by atoms with E-state index in [9.17, 15) is 4.79 Å². The largest absolute Gasteiger partial charge is 0.372 e. The number of nitrogens with one attached hydrogen (secondary N) is 1. The fourth-order valence-electron chi connectivity index (χ4n) is 1.96. The smallest absolute Gasteiger partial charge is 0.248 e. The van der Waals surface area contributed by atoms with Crippen molar-refractivity contribution in [3.63, 3.8) is 0 Å². The van der Waals surface area contributed by atoms with Crippen molar-refractivity contribution >= 4 is 18.3 Å². The van der Waals surface area contributed by atoms with Gasteiger partial charge in [-0.25, -0.2) is 0 Å². The van der Waals surface area contributed by atoms with Crippen LogP contribution in [0.5, 0.6) is 0 Å². The van der Waals surface area contributed by atoms with Crippen LogP contribution < -0.4 is 5.32 Å². The molecule has 0 aromatic rings. The van der Waals surface area contributed by atoms with Gasteiger partial charge in [0.05, 0.1) is 0 Å². The standard InChI is InChI=1S/C11H22N2O2.ClH/c1-3-15-9-11(14)13-6-4-10(5-7-13)8-12-2;/h10,12H,3-9H2,1-2H3;1H. The molecule has 1 heterocycles. The zero-order valence-electron chi connectivity index (χ0n) is 10.2. The monoisotopic (exact) mass is 250 g/mol. The summed E-state index contributed by atoms with van der Waals surface area (Å²) in [7, 11) is 1.98. The van der Waals surface area contributed by atoms with Gasteiger partial charge in [0.25, 0.3) is 0 Å². The fourth-order valence-corrected chi connectivity index (χ4v) is 1.96. The van der Waals surface area contributed by atoms with Crippen LogP contribution in [0.4, 0.5) is 0 Å². The molecule has 0 bridgehead atoms. The molecule has 0 spiro atoms. The van der Waals surface area contributed by atoms with Gasteiger partial charge in [-0.05, 0) is 39.3 Å². The molecule has 1 aliphatic heterocycles. The van der Waals surface area contributed by atoms with Gasteiger partial charge in [0.15, 0.2) is 0 Å². The highest BCUT2D eigenvalue weighted by Crippen LogP contribution is 2.16. The number of hydrogen-bond acceptors (Lipinski definition) is 3. The van der Waals surface area contributed by atoms with E-state index in [0.717, 1.165) is 38.4 Å². The second kappa shape index (κ2) is 8.79. The summed E-state index contributed by atoms with van der Waals surface area (Å²) in [4.78, 5) is 13.5. The SMILES string of the molecule is CCOCC(=O)N1CCC(CNC)CC1.Cl. The number of carbonyl (C=O) groups excluding carboxylic acids is 1. The summed E-state index contributed by atoms with van der Waals surface area (Å²) in [5.74, 6) is 0.867. The minimum absolute atomic E-state index is 0. The number of likely N-dealkylation sites (tertiary alicyclic amines) is 1. The van der Waals surface area contributed by atoms with Crippen LogP contribution >= 0.6 is 12.4 Å². The van der Waals surface area contributed by atoms with Crippen molar-refractivity contribution in [1.82, 2.24) is 10.2 Å². The maximum atomic E-state index is 11.6. The van der Waals surface area contributed by atoms with Crippen LogP contribution in [-0.2, 0) is 9.53 Å². The van der Waals surface area contributed by atoms with Crippen LogP contribution in [0.3, 0.4) is 0 Å². The van der Waals surface area contributed by atoms with E-state index >= 15 is 0 Å². The first kappa shape index (κ1) is 15.7. The predicted octanol–water partition coefficient (Wildman–Crippen LogP) is 0.903. The molecule has 0 saturated carbocycles. The van der Waals surface area contributed by atoms with Crippen LogP contribution in [0, 0.1) is 5.92 Å².